The molecular weight excluding hydrogens is 252 g/mol. The van der Waals surface area contributed by atoms with Gasteiger partial charge in [-0.05, 0) is 18.1 Å². The molecule has 2 rings (SSSR count). The van der Waals surface area contributed by atoms with Gasteiger partial charge in [-0.3, -0.25) is 14.4 Å². The smallest absolute Gasteiger partial charge is 0.151 e. The number of aryl methyl sites for hydroxylation is 1. The summed E-state index contributed by atoms with van der Waals surface area (Å²) in [5, 5.41) is 0.606. The summed E-state index contributed by atoms with van der Waals surface area (Å²) in [6, 6.07) is 7.26. The van der Waals surface area contributed by atoms with E-state index in [-0.39, 0.29) is 36.6 Å². The van der Waals surface area contributed by atoms with Crippen molar-refractivity contribution < 1.29 is 14.4 Å². The van der Waals surface area contributed by atoms with Crippen LogP contribution in [0.25, 0.3) is 0 Å². The number of hydrogen-bond donors (Lipinski definition) is 0. The fourth-order valence-corrected chi connectivity index (χ4v) is 2.41. The van der Waals surface area contributed by atoms with Crippen LogP contribution in [0.5, 0.6) is 0 Å². The lowest BCUT2D eigenvalue weighted by molar-refractivity contribution is -0.136. The van der Waals surface area contributed by atoms with Gasteiger partial charge >= 0.3 is 0 Å². The molecule has 0 amide bonds. The summed E-state index contributed by atoms with van der Waals surface area (Å²) in [6.07, 6.45) is 1.07. The van der Waals surface area contributed by atoms with Crippen molar-refractivity contribution in [2.75, 3.05) is 0 Å². The molecule has 0 radical (unpaired) electrons. The van der Waals surface area contributed by atoms with Crippen LogP contribution >= 0.6 is 11.6 Å². The molecule has 0 bridgehead atoms. The number of rotatable bonds is 4. The average Bonchev–Trinajstić information content (AvgIpc) is 2.68. The largest absolute Gasteiger partial charge is 0.298 e. The zero-order valence-corrected chi connectivity index (χ0v) is 10.6. The summed E-state index contributed by atoms with van der Waals surface area (Å²) in [5.74, 6) is -1.75. The SMILES string of the molecule is O=C1CCC(=O)C1C(=O)CCc1ccccc1Cl. The van der Waals surface area contributed by atoms with E-state index in [0.29, 0.717) is 11.4 Å². The number of ketones is 3. The monoisotopic (exact) mass is 264 g/mol. The number of hydrogen-bond acceptors (Lipinski definition) is 3. The van der Waals surface area contributed by atoms with E-state index in [1.165, 1.54) is 0 Å². The van der Waals surface area contributed by atoms with Crippen LogP contribution in [0.3, 0.4) is 0 Å². The van der Waals surface area contributed by atoms with Gasteiger partial charge in [-0.2, -0.15) is 0 Å². The van der Waals surface area contributed by atoms with Gasteiger partial charge < -0.3 is 0 Å². The molecule has 3 nitrogen and oxygen atoms in total. The van der Waals surface area contributed by atoms with Gasteiger partial charge in [0, 0.05) is 24.3 Å². The molecule has 1 fully saturated rings. The Morgan fingerprint density at radius 2 is 1.78 bits per heavy atom. The number of carbonyl (C=O) groups excluding carboxylic acids is 3. The topological polar surface area (TPSA) is 51.2 Å². The van der Waals surface area contributed by atoms with Crippen molar-refractivity contribution in [3.05, 3.63) is 34.9 Å². The fraction of sp³-hybridized carbons (Fsp3) is 0.357. The van der Waals surface area contributed by atoms with Crippen LogP contribution in [0.1, 0.15) is 24.8 Å². The Labute approximate surface area is 110 Å². The van der Waals surface area contributed by atoms with Gasteiger partial charge in [-0.25, -0.2) is 0 Å². The first-order valence-corrected chi connectivity index (χ1v) is 6.29. The van der Waals surface area contributed by atoms with E-state index >= 15 is 0 Å². The minimum absolute atomic E-state index is 0.186. The zero-order valence-electron chi connectivity index (χ0n) is 9.82. The van der Waals surface area contributed by atoms with Crippen molar-refractivity contribution in [3.8, 4) is 0 Å². The molecule has 1 saturated carbocycles. The molecule has 0 heterocycles. The van der Waals surface area contributed by atoms with Crippen LogP contribution in [0.15, 0.2) is 24.3 Å². The molecule has 0 spiro atoms. The minimum atomic E-state index is -1.01. The maximum Gasteiger partial charge on any atom is 0.151 e. The summed E-state index contributed by atoms with van der Waals surface area (Å²) in [5.41, 5.74) is 0.866. The highest BCUT2D eigenvalue weighted by molar-refractivity contribution is 6.31. The lowest BCUT2D eigenvalue weighted by Gasteiger charge is -2.06. The molecule has 1 aliphatic rings. The van der Waals surface area contributed by atoms with Gasteiger partial charge in [-0.15, -0.1) is 0 Å². The molecule has 0 aliphatic heterocycles. The van der Waals surface area contributed by atoms with Crippen LogP contribution in [0, 0.1) is 5.92 Å². The number of Topliss-reactive ketones (excluding diaryl/α,β-unsaturated/α-hetero) is 3. The van der Waals surface area contributed by atoms with Crippen LogP contribution < -0.4 is 0 Å². The molecule has 0 saturated heterocycles. The van der Waals surface area contributed by atoms with Gasteiger partial charge in [0.15, 0.2) is 17.3 Å². The van der Waals surface area contributed by atoms with E-state index in [9.17, 15) is 14.4 Å². The molecule has 1 aliphatic carbocycles. The van der Waals surface area contributed by atoms with Crippen molar-refractivity contribution >= 4 is 29.0 Å². The van der Waals surface area contributed by atoms with Crippen molar-refractivity contribution in [3.63, 3.8) is 0 Å². The van der Waals surface area contributed by atoms with Crippen LogP contribution in [0.4, 0.5) is 0 Å². The van der Waals surface area contributed by atoms with Crippen molar-refractivity contribution in [2.45, 2.75) is 25.7 Å². The predicted molar refractivity (Wildman–Crippen MR) is 67.5 cm³/mol. The molecule has 1 aromatic rings. The Balaban J connectivity index is 1.99. The first kappa shape index (κ1) is 13.0. The Morgan fingerprint density at radius 3 is 2.39 bits per heavy atom. The normalized spacial score (nSPS) is 16.3. The highest BCUT2D eigenvalue weighted by Gasteiger charge is 2.37. The van der Waals surface area contributed by atoms with Crippen LogP contribution in [-0.2, 0) is 20.8 Å². The van der Waals surface area contributed by atoms with E-state index in [1.807, 2.05) is 18.2 Å². The van der Waals surface area contributed by atoms with E-state index in [4.69, 9.17) is 11.6 Å². The van der Waals surface area contributed by atoms with E-state index < -0.39 is 5.92 Å². The molecule has 0 N–H and O–H groups in total. The molecule has 1 aromatic carbocycles. The summed E-state index contributed by atoms with van der Waals surface area (Å²) < 4.78 is 0. The highest BCUT2D eigenvalue weighted by Crippen LogP contribution is 2.22. The molecule has 0 aromatic heterocycles. The zero-order chi connectivity index (χ0) is 13.1. The van der Waals surface area contributed by atoms with Crippen molar-refractivity contribution in [2.24, 2.45) is 5.92 Å². The molecule has 0 atom stereocenters. The number of benzene rings is 1. The molecular formula is C14H13ClO3. The summed E-state index contributed by atoms with van der Waals surface area (Å²) >= 11 is 5.98. The third-order valence-electron chi connectivity index (χ3n) is 3.18. The Kier molecular flexibility index (Phi) is 3.92. The average molecular weight is 265 g/mol. The Morgan fingerprint density at radius 1 is 1.17 bits per heavy atom. The van der Waals surface area contributed by atoms with Gasteiger partial charge in [0.05, 0.1) is 0 Å². The lowest BCUT2D eigenvalue weighted by Crippen LogP contribution is -2.25. The van der Waals surface area contributed by atoms with Crippen LogP contribution in [-0.4, -0.2) is 17.3 Å². The second-order valence-corrected chi connectivity index (χ2v) is 4.83. The summed E-state index contributed by atoms with van der Waals surface area (Å²) in [7, 11) is 0. The quantitative estimate of drug-likeness (QED) is 0.785. The van der Waals surface area contributed by atoms with Gasteiger partial charge in [0.25, 0.3) is 0 Å². The Bertz CT molecular complexity index is 492. The third kappa shape index (κ3) is 2.67. The Hall–Kier alpha value is -1.48. The van der Waals surface area contributed by atoms with E-state index in [2.05, 4.69) is 0 Å². The number of carbonyl (C=O) groups is 3. The van der Waals surface area contributed by atoms with E-state index in [0.717, 1.165) is 5.56 Å². The molecule has 94 valence electrons. The molecule has 18 heavy (non-hydrogen) atoms. The van der Waals surface area contributed by atoms with Crippen molar-refractivity contribution in [1.29, 1.82) is 0 Å². The summed E-state index contributed by atoms with van der Waals surface area (Å²) in [6.45, 7) is 0. The van der Waals surface area contributed by atoms with E-state index in [1.54, 1.807) is 6.07 Å². The maximum atomic E-state index is 11.9. The van der Waals surface area contributed by atoms with Gasteiger partial charge in [-0.1, -0.05) is 29.8 Å². The predicted octanol–water partition coefficient (Wildman–Crippen LogP) is 2.39. The lowest BCUT2D eigenvalue weighted by atomic mass is 9.95. The minimum Gasteiger partial charge on any atom is -0.298 e. The van der Waals surface area contributed by atoms with Crippen LogP contribution in [0.2, 0.25) is 5.02 Å². The third-order valence-corrected chi connectivity index (χ3v) is 3.55. The first-order valence-electron chi connectivity index (χ1n) is 5.91. The standard InChI is InChI=1S/C14H13ClO3/c15-10-4-2-1-3-9(10)5-6-11(16)14-12(17)7-8-13(14)18/h1-4,14H,5-8H2. The summed E-state index contributed by atoms with van der Waals surface area (Å²) in [4.78, 5) is 34.7. The molecule has 4 heteroatoms. The highest BCUT2D eigenvalue weighted by atomic mass is 35.5. The second kappa shape index (κ2) is 5.44. The number of halogens is 1. The second-order valence-electron chi connectivity index (χ2n) is 4.42. The first-order chi connectivity index (χ1) is 8.59. The van der Waals surface area contributed by atoms with Gasteiger partial charge in [0.2, 0.25) is 0 Å². The maximum absolute atomic E-state index is 11.9. The fourth-order valence-electron chi connectivity index (χ4n) is 2.18. The molecule has 0 unspecified atom stereocenters. The van der Waals surface area contributed by atoms with Crippen molar-refractivity contribution in [1.82, 2.24) is 0 Å². The van der Waals surface area contributed by atoms with Gasteiger partial charge in [0.1, 0.15) is 5.92 Å².